The Kier molecular flexibility index (Phi) is 4.28. The predicted octanol–water partition coefficient (Wildman–Crippen LogP) is 2.83. The van der Waals surface area contributed by atoms with Gasteiger partial charge in [0.2, 0.25) is 0 Å². The van der Waals surface area contributed by atoms with Crippen LogP contribution in [0.1, 0.15) is 11.1 Å². The molecule has 0 aromatic heterocycles. The number of ether oxygens (including phenoxy) is 1. The molecule has 114 valence electrons. The molecule has 1 heterocycles. The molecule has 0 fully saturated rings. The summed E-state index contributed by atoms with van der Waals surface area (Å²) in [6.07, 6.45) is 0. The Balaban J connectivity index is 1.61. The second-order valence-corrected chi connectivity index (χ2v) is 5.50. The maximum absolute atomic E-state index is 12.4. The molecule has 2 aromatic rings. The van der Waals surface area contributed by atoms with E-state index in [0.29, 0.717) is 13.1 Å². The quantitative estimate of drug-likeness (QED) is 0.947. The molecule has 0 saturated carbocycles. The summed E-state index contributed by atoms with van der Waals surface area (Å²) < 4.78 is 5.59. The van der Waals surface area contributed by atoms with Crippen molar-refractivity contribution >= 4 is 11.6 Å². The van der Waals surface area contributed by atoms with Gasteiger partial charge in [-0.3, -0.25) is 4.79 Å². The van der Waals surface area contributed by atoms with Crippen LogP contribution >= 0.6 is 0 Å². The van der Waals surface area contributed by atoms with Gasteiger partial charge < -0.3 is 15.0 Å². The molecule has 1 aliphatic rings. The average Bonchev–Trinajstić information content (AvgIpc) is 2.76. The Labute approximate surface area is 130 Å². The average molecular weight is 296 g/mol. The summed E-state index contributed by atoms with van der Waals surface area (Å²) in [4.78, 5) is 14.2. The van der Waals surface area contributed by atoms with Gasteiger partial charge in [-0.25, -0.2) is 0 Å². The maximum atomic E-state index is 12.4. The molecule has 0 atom stereocenters. The zero-order valence-electron chi connectivity index (χ0n) is 12.7. The van der Waals surface area contributed by atoms with Crippen molar-refractivity contribution in [2.75, 3.05) is 25.0 Å². The van der Waals surface area contributed by atoms with Gasteiger partial charge in [-0.05, 0) is 30.7 Å². The minimum atomic E-state index is 0.0130. The maximum Gasteiger partial charge on any atom is 0.260 e. The minimum absolute atomic E-state index is 0.0130. The van der Waals surface area contributed by atoms with Crippen LogP contribution in [0.15, 0.2) is 48.5 Å². The van der Waals surface area contributed by atoms with Crippen molar-refractivity contribution in [1.82, 2.24) is 4.90 Å². The smallest absolute Gasteiger partial charge is 0.260 e. The van der Waals surface area contributed by atoms with E-state index in [1.807, 2.05) is 54.3 Å². The SMILES string of the molecule is Cc1ccc(OCC(=O)N2CCNc3ccccc3C2)cc1. The van der Waals surface area contributed by atoms with Crippen LogP contribution in [0.2, 0.25) is 0 Å². The van der Waals surface area contributed by atoms with Gasteiger partial charge in [0.25, 0.3) is 5.91 Å². The van der Waals surface area contributed by atoms with Gasteiger partial charge in [-0.2, -0.15) is 0 Å². The van der Waals surface area contributed by atoms with E-state index in [2.05, 4.69) is 11.4 Å². The molecular formula is C18H20N2O2. The molecule has 0 bridgehead atoms. The van der Waals surface area contributed by atoms with Crippen molar-refractivity contribution in [2.45, 2.75) is 13.5 Å². The Hall–Kier alpha value is -2.49. The number of aryl methyl sites for hydroxylation is 1. The lowest BCUT2D eigenvalue weighted by molar-refractivity contribution is -0.133. The molecule has 22 heavy (non-hydrogen) atoms. The van der Waals surface area contributed by atoms with Crippen LogP contribution in [0.5, 0.6) is 5.75 Å². The summed E-state index contributed by atoms with van der Waals surface area (Å²) in [5, 5.41) is 3.36. The highest BCUT2D eigenvalue weighted by atomic mass is 16.5. The molecule has 1 amide bonds. The molecule has 0 unspecified atom stereocenters. The topological polar surface area (TPSA) is 41.6 Å². The summed E-state index contributed by atoms with van der Waals surface area (Å²) in [5.41, 5.74) is 3.43. The monoisotopic (exact) mass is 296 g/mol. The first-order valence-electron chi connectivity index (χ1n) is 7.51. The van der Waals surface area contributed by atoms with E-state index >= 15 is 0 Å². The number of nitrogens with zero attached hydrogens (tertiary/aromatic N) is 1. The van der Waals surface area contributed by atoms with Crippen molar-refractivity contribution < 1.29 is 9.53 Å². The van der Waals surface area contributed by atoms with E-state index < -0.39 is 0 Å². The number of amides is 1. The second kappa shape index (κ2) is 6.52. The fourth-order valence-corrected chi connectivity index (χ4v) is 2.52. The van der Waals surface area contributed by atoms with Gasteiger partial charge in [0.1, 0.15) is 5.75 Å². The number of carbonyl (C=O) groups is 1. The molecule has 4 nitrogen and oxygen atoms in total. The van der Waals surface area contributed by atoms with Crippen LogP contribution in [0.25, 0.3) is 0 Å². The molecule has 0 radical (unpaired) electrons. The van der Waals surface area contributed by atoms with E-state index in [1.165, 1.54) is 5.56 Å². The normalized spacial score (nSPS) is 13.8. The standard InChI is InChI=1S/C18H20N2O2/c1-14-6-8-16(9-7-14)22-13-18(21)20-11-10-19-17-5-3-2-4-15(17)12-20/h2-9,19H,10-13H2,1H3. The zero-order chi connectivity index (χ0) is 15.4. The summed E-state index contributed by atoms with van der Waals surface area (Å²) in [5.74, 6) is 0.742. The van der Waals surface area contributed by atoms with Crippen LogP contribution < -0.4 is 10.1 Å². The number of hydrogen-bond acceptors (Lipinski definition) is 3. The number of nitrogens with one attached hydrogen (secondary N) is 1. The molecule has 2 aromatic carbocycles. The molecule has 0 aliphatic carbocycles. The lowest BCUT2D eigenvalue weighted by atomic mass is 10.2. The molecule has 0 spiro atoms. The molecule has 1 aliphatic heterocycles. The van der Waals surface area contributed by atoms with Gasteiger partial charge in [0, 0.05) is 25.3 Å². The van der Waals surface area contributed by atoms with Crippen molar-refractivity contribution in [3.8, 4) is 5.75 Å². The molecular weight excluding hydrogens is 276 g/mol. The molecule has 0 saturated heterocycles. The van der Waals surface area contributed by atoms with Gasteiger partial charge in [0.15, 0.2) is 6.61 Å². The fourth-order valence-electron chi connectivity index (χ4n) is 2.52. The minimum Gasteiger partial charge on any atom is -0.484 e. The van der Waals surface area contributed by atoms with Crippen LogP contribution in [-0.4, -0.2) is 30.5 Å². The van der Waals surface area contributed by atoms with E-state index in [0.717, 1.165) is 23.5 Å². The Morgan fingerprint density at radius 3 is 2.77 bits per heavy atom. The van der Waals surface area contributed by atoms with Gasteiger partial charge in [0.05, 0.1) is 0 Å². The highest BCUT2D eigenvalue weighted by Gasteiger charge is 2.18. The van der Waals surface area contributed by atoms with E-state index in [1.54, 1.807) is 0 Å². The molecule has 1 N–H and O–H groups in total. The first-order valence-corrected chi connectivity index (χ1v) is 7.51. The number of fused-ring (bicyclic) bond motifs is 1. The molecule has 3 rings (SSSR count). The van der Waals surface area contributed by atoms with Gasteiger partial charge in [-0.1, -0.05) is 35.9 Å². The first-order chi connectivity index (χ1) is 10.7. The largest absolute Gasteiger partial charge is 0.484 e. The lowest BCUT2D eigenvalue weighted by Crippen LogP contribution is -2.36. The number of carbonyl (C=O) groups excluding carboxylic acids is 1. The number of para-hydroxylation sites is 1. The summed E-state index contributed by atoms with van der Waals surface area (Å²) in [6, 6.07) is 15.8. The van der Waals surface area contributed by atoms with Crippen molar-refractivity contribution in [3.05, 3.63) is 59.7 Å². The Bertz CT molecular complexity index is 652. The number of rotatable bonds is 3. The third-order valence-electron chi connectivity index (χ3n) is 3.81. The van der Waals surface area contributed by atoms with Crippen molar-refractivity contribution in [2.24, 2.45) is 0 Å². The number of hydrogen-bond donors (Lipinski definition) is 1. The van der Waals surface area contributed by atoms with Gasteiger partial charge >= 0.3 is 0 Å². The highest BCUT2D eigenvalue weighted by molar-refractivity contribution is 5.78. The Morgan fingerprint density at radius 1 is 1.18 bits per heavy atom. The Morgan fingerprint density at radius 2 is 1.95 bits per heavy atom. The lowest BCUT2D eigenvalue weighted by Gasteiger charge is -2.20. The number of anilines is 1. The van der Waals surface area contributed by atoms with Crippen molar-refractivity contribution in [3.63, 3.8) is 0 Å². The first kappa shape index (κ1) is 14.4. The third-order valence-corrected chi connectivity index (χ3v) is 3.81. The highest BCUT2D eigenvalue weighted by Crippen LogP contribution is 2.20. The van der Waals surface area contributed by atoms with E-state index in [9.17, 15) is 4.79 Å². The van der Waals surface area contributed by atoms with Crippen LogP contribution in [0.3, 0.4) is 0 Å². The van der Waals surface area contributed by atoms with Gasteiger partial charge in [-0.15, -0.1) is 0 Å². The third kappa shape index (κ3) is 3.39. The van der Waals surface area contributed by atoms with Crippen LogP contribution in [0, 0.1) is 6.92 Å². The fraction of sp³-hybridized carbons (Fsp3) is 0.278. The zero-order valence-corrected chi connectivity index (χ0v) is 12.7. The number of benzene rings is 2. The summed E-state index contributed by atoms with van der Waals surface area (Å²) in [7, 11) is 0. The van der Waals surface area contributed by atoms with Crippen LogP contribution in [0.4, 0.5) is 5.69 Å². The van der Waals surface area contributed by atoms with Crippen molar-refractivity contribution in [1.29, 1.82) is 0 Å². The second-order valence-electron chi connectivity index (χ2n) is 5.50. The van der Waals surface area contributed by atoms with E-state index in [-0.39, 0.29) is 12.5 Å². The summed E-state index contributed by atoms with van der Waals surface area (Å²) in [6.45, 7) is 4.17. The summed E-state index contributed by atoms with van der Waals surface area (Å²) >= 11 is 0. The van der Waals surface area contributed by atoms with E-state index in [4.69, 9.17) is 4.74 Å². The van der Waals surface area contributed by atoms with Crippen LogP contribution in [-0.2, 0) is 11.3 Å². The molecule has 4 heteroatoms. The predicted molar refractivity (Wildman–Crippen MR) is 87.0 cm³/mol.